The summed E-state index contributed by atoms with van der Waals surface area (Å²) in [5, 5.41) is 19.5. The lowest BCUT2D eigenvalue weighted by Gasteiger charge is -2.11. The third-order valence-corrected chi connectivity index (χ3v) is 5.92. The fraction of sp³-hybridized carbons (Fsp3) is 0.182. The molecule has 0 unspecified atom stereocenters. The molecule has 0 saturated carbocycles. The lowest BCUT2D eigenvalue weighted by molar-refractivity contribution is 0.0949. The molecule has 0 atom stereocenters. The van der Waals surface area contributed by atoms with Gasteiger partial charge in [0.05, 0.1) is 33.2 Å². The molecular formula is C22H22N8O5S. The van der Waals surface area contributed by atoms with Crippen molar-refractivity contribution >= 4 is 29.7 Å². The maximum absolute atomic E-state index is 13.0. The maximum atomic E-state index is 13.0. The van der Waals surface area contributed by atoms with Crippen LogP contribution in [0.4, 0.5) is 5.82 Å². The molecule has 13 nitrogen and oxygen atoms in total. The summed E-state index contributed by atoms with van der Waals surface area (Å²) in [5.41, 5.74) is 9.32. The van der Waals surface area contributed by atoms with Crippen molar-refractivity contribution in [3.63, 3.8) is 0 Å². The number of carbonyl (C=O) groups excluding carboxylic acids is 1. The number of hydrogen-bond donors (Lipinski definition) is 2. The standard InChI is InChI=1S/C22H22N8O5S/c1-32-16-10-18(34-3)17(33-2)9-13(16)11-24-26-22(31)19-15(12-36-14-7-5-4-6-8-14)30(29-25-19)21-20(23)27-35-28-21/h4-11H,12H2,1-3H3,(H2,23,27)(H,26,31)/b24-11-. The van der Waals surface area contributed by atoms with Crippen LogP contribution in [0.15, 0.2) is 57.1 Å². The highest BCUT2D eigenvalue weighted by atomic mass is 32.2. The van der Waals surface area contributed by atoms with Crippen LogP contribution in [0.3, 0.4) is 0 Å². The second-order valence-corrected chi connectivity index (χ2v) is 8.07. The Labute approximate surface area is 209 Å². The van der Waals surface area contributed by atoms with Gasteiger partial charge in [-0.05, 0) is 28.5 Å². The van der Waals surface area contributed by atoms with E-state index in [0.29, 0.717) is 34.3 Å². The summed E-state index contributed by atoms with van der Waals surface area (Å²) in [5.74, 6) is 1.34. The van der Waals surface area contributed by atoms with Crippen LogP contribution in [0, 0.1) is 0 Å². The first-order valence-corrected chi connectivity index (χ1v) is 11.4. The predicted molar refractivity (Wildman–Crippen MR) is 131 cm³/mol. The number of amides is 1. The fourth-order valence-electron chi connectivity index (χ4n) is 3.15. The number of nitrogens with two attached hydrogens (primary N) is 1. The molecule has 2 aromatic heterocycles. The molecule has 0 radical (unpaired) electrons. The molecule has 0 fully saturated rings. The molecule has 0 aliphatic rings. The zero-order valence-corrected chi connectivity index (χ0v) is 20.4. The quantitative estimate of drug-likeness (QED) is 0.183. The second-order valence-electron chi connectivity index (χ2n) is 7.02. The molecule has 0 bridgehead atoms. The van der Waals surface area contributed by atoms with Gasteiger partial charge in [-0.2, -0.15) is 9.78 Å². The first-order valence-electron chi connectivity index (χ1n) is 10.4. The molecular weight excluding hydrogens is 488 g/mol. The normalized spacial score (nSPS) is 11.0. The Morgan fingerprint density at radius 3 is 2.50 bits per heavy atom. The fourth-order valence-corrected chi connectivity index (χ4v) is 4.06. The van der Waals surface area contributed by atoms with Gasteiger partial charge in [0.25, 0.3) is 5.91 Å². The Hall–Kier alpha value is -4.59. The number of anilines is 1. The van der Waals surface area contributed by atoms with E-state index in [-0.39, 0.29) is 17.3 Å². The lowest BCUT2D eigenvalue weighted by atomic mass is 10.2. The average Bonchev–Trinajstić information content (AvgIpc) is 3.53. The number of aromatic nitrogens is 5. The number of rotatable bonds is 10. The van der Waals surface area contributed by atoms with Crippen LogP contribution in [0.2, 0.25) is 0 Å². The number of ether oxygens (including phenoxy) is 3. The zero-order valence-electron chi connectivity index (χ0n) is 19.5. The van der Waals surface area contributed by atoms with Gasteiger partial charge in [-0.15, -0.1) is 16.9 Å². The van der Waals surface area contributed by atoms with E-state index in [1.165, 1.54) is 44.0 Å². The molecule has 2 heterocycles. The maximum Gasteiger partial charge on any atom is 0.293 e. The second kappa shape index (κ2) is 11.2. The summed E-state index contributed by atoms with van der Waals surface area (Å²) in [7, 11) is 4.55. The molecule has 36 heavy (non-hydrogen) atoms. The van der Waals surface area contributed by atoms with Crippen molar-refractivity contribution in [1.29, 1.82) is 0 Å². The van der Waals surface area contributed by atoms with Gasteiger partial charge in [-0.25, -0.2) is 10.1 Å². The minimum Gasteiger partial charge on any atom is -0.496 e. The Morgan fingerprint density at radius 1 is 1.11 bits per heavy atom. The number of nitrogen functional groups attached to an aromatic ring is 1. The van der Waals surface area contributed by atoms with Crippen LogP contribution in [-0.2, 0) is 5.75 Å². The number of methoxy groups -OCH3 is 3. The monoisotopic (exact) mass is 510 g/mol. The Balaban J connectivity index is 1.58. The highest BCUT2D eigenvalue weighted by molar-refractivity contribution is 7.98. The van der Waals surface area contributed by atoms with Crippen molar-refractivity contribution in [2.75, 3.05) is 27.1 Å². The molecule has 2 aromatic carbocycles. The van der Waals surface area contributed by atoms with Crippen molar-refractivity contribution in [2.24, 2.45) is 5.10 Å². The summed E-state index contributed by atoms with van der Waals surface area (Å²) >= 11 is 1.48. The van der Waals surface area contributed by atoms with Gasteiger partial charge in [-0.1, -0.05) is 23.4 Å². The zero-order chi connectivity index (χ0) is 25.5. The van der Waals surface area contributed by atoms with Crippen LogP contribution in [-0.4, -0.2) is 58.8 Å². The van der Waals surface area contributed by atoms with E-state index >= 15 is 0 Å². The van der Waals surface area contributed by atoms with E-state index in [4.69, 9.17) is 19.9 Å². The van der Waals surface area contributed by atoms with Gasteiger partial charge in [-0.3, -0.25) is 4.79 Å². The summed E-state index contributed by atoms with van der Waals surface area (Å²) in [6.45, 7) is 0. The minimum absolute atomic E-state index is 0.0105. The van der Waals surface area contributed by atoms with E-state index in [2.05, 4.69) is 35.8 Å². The van der Waals surface area contributed by atoms with Crippen molar-refractivity contribution in [1.82, 2.24) is 30.7 Å². The first-order chi connectivity index (χ1) is 17.5. The average molecular weight is 511 g/mol. The Morgan fingerprint density at radius 2 is 1.83 bits per heavy atom. The Bertz CT molecular complexity index is 1370. The molecule has 0 aliphatic carbocycles. The van der Waals surface area contributed by atoms with Gasteiger partial charge < -0.3 is 19.9 Å². The summed E-state index contributed by atoms with van der Waals surface area (Å²) in [6.07, 6.45) is 1.42. The number of nitrogens with zero attached hydrogens (tertiary/aromatic N) is 6. The van der Waals surface area contributed by atoms with Crippen LogP contribution >= 0.6 is 11.8 Å². The van der Waals surface area contributed by atoms with Gasteiger partial charge in [0.1, 0.15) is 5.75 Å². The molecule has 4 rings (SSSR count). The number of hydrogen-bond acceptors (Lipinski definition) is 12. The Kier molecular flexibility index (Phi) is 7.65. The molecule has 3 N–H and O–H groups in total. The molecule has 0 aliphatic heterocycles. The third-order valence-electron chi connectivity index (χ3n) is 4.90. The summed E-state index contributed by atoms with van der Waals surface area (Å²) in [4.78, 5) is 14.0. The first kappa shape index (κ1) is 24.5. The largest absolute Gasteiger partial charge is 0.496 e. The highest BCUT2D eigenvalue weighted by Crippen LogP contribution is 2.33. The van der Waals surface area contributed by atoms with Crippen LogP contribution in [0.5, 0.6) is 17.2 Å². The molecule has 4 aromatic rings. The van der Waals surface area contributed by atoms with Gasteiger partial charge in [0.2, 0.25) is 11.6 Å². The molecule has 0 saturated heterocycles. The van der Waals surface area contributed by atoms with E-state index < -0.39 is 5.91 Å². The van der Waals surface area contributed by atoms with Crippen molar-refractivity contribution in [3.05, 3.63) is 59.4 Å². The third kappa shape index (κ3) is 5.22. The van der Waals surface area contributed by atoms with E-state index in [1.54, 1.807) is 12.1 Å². The molecule has 186 valence electrons. The molecule has 1 amide bonds. The van der Waals surface area contributed by atoms with Gasteiger partial charge in [0, 0.05) is 22.3 Å². The number of nitrogens with one attached hydrogen (secondary N) is 1. The van der Waals surface area contributed by atoms with Gasteiger partial charge in [0.15, 0.2) is 17.2 Å². The summed E-state index contributed by atoms with van der Waals surface area (Å²) in [6, 6.07) is 13.0. The lowest BCUT2D eigenvalue weighted by Crippen LogP contribution is -2.20. The van der Waals surface area contributed by atoms with Crippen LogP contribution in [0.1, 0.15) is 21.7 Å². The van der Waals surface area contributed by atoms with Crippen LogP contribution in [0.25, 0.3) is 5.82 Å². The highest BCUT2D eigenvalue weighted by Gasteiger charge is 2.24. The smallest absolute Gasteiger partial charge is 0.293 e. The number of thioether (sulfide) groups is 1. The number of benzene rings is 2. The van der Waals surface area contributed by atoms with E-state index in [9.17, 15) is 4.79 Å². The van der Waals surface area contributed by atoms with E-state index in [0.717, 1.165) is 4.90 Å². The van der Waals surface area contributed by atoms with Crippen molar-refractivity contribution in [2.45, 2.75) is 10.6 Å². The van der Waals surface area contributed by atoms with Gasteiger partial charge >= 0.3 is 0 Å². The molecule has 0 spiro atoms. The van der Waals surface area contributed by atoms with Crippen molar-refractivity contribution in [3.8, 4) is 23.1 Å². The summed E-state index contributed by atoms with van der Waals surface area (Å²) < 4.78 is 22.0. The topological polar surface area (TPSA) is 165 Å². The van der Waals surface area contributed by atoms with Crippen molar-refractivity contribution < 1.29 is 23.6 Å². The minimum atomic E-state index is -0.587. The van der Waals surface area contributed by atoms with Crippen LogP contribution < -0.4 is 25.4 Å². The number of carbonyl (C=O) groups is 1. The molecule has 14 heteroatoms. The predicted octanol–water partition coefficient (Wildman–Crippen LogP) is 2.31. The number of hydrazone groups is 1. The van der Waals surface area contributed by atoms with E-state index in [1.807, 2.05) is 30.3 Å². The SMILES string of the molecule is COc1cc(OC)c(OC)cc1/C=N\NC(=O)c1nnn(-c2nonc2N)c1CSc1ccccc1.